The van der Waals surface area contributed by atoms with Crippen LogP contribution in [0.1, 0.15) is 101 Å². The van der Waals surface area contributed by atoms with Crippen LogP contribution in [0.3, 0.4) is 0 Å². The second kappa shape index (κ2) is 16.7. The lowest BCUT2D eigenvalue weighted by molar-refractivity contribution is -0.136. The first-order chi connectivity index (χ1) is 29.5. The normalized spacial score (nSPS) is 24.3. The number of anilines is 2. The second-order valence-electron chi connectivity index (χ2n) is 17.5. The molecule has 1 spiro atoms. The molecule has 9 rings (SSSR count). The fourth-order valence-corrected chi connectivity index (χ4v) is 10.3. The van der Waals surface area contributed by atoms with Gasteiger partial charge in [0.1, 0.15) is 23.7 Å². The average Bonchev–Trinajstić information content (AvgIpc) is 3.48. The van der Waals surface area contributed by atoms with Crippen LogP contribution in [0.5, 0.6) is 5.75 Å². The third kappa shape index (κ3) is 8.25. The van der Waals surface area contributed by atoms with Gasteiger partial charge in [-0.05, 0) is 106 Å². The fraction of sp³-hybridized carbons (Fsp3) is 0.500. The van der Waals surface area contributed by atoms with Gasteiger partial charge in [0.15, 0.2) is 11.5 Å². The van der Waals surface area contributed by atoms with Crippen molar-refractivity contribution in [2.24, 2.45) is 11.3 Å². The van der Waals surface area contributed by atoms with Gasteiger partial charge in [-0.1, -0.05) is 11.6 Å². The van der Waals surface area contributed by atoms with Gasteiger partial charge in [-0.2, -0.15) is 5.26 Å². The molecule has 5 amide bonds. The van der Waals surface area contributed by atoms with Crippen molar-refractivity contribution in [2.75, 3.05) is 55.6 Å². The van der Waals surface area contributed by atoms with Crippen molar-refractivity contribution in [3.05, 3.63) is 75.7 Å². The van der Waals surface area contributed by atoms with E-state index in [2.05, 4.69) is 36.7 Å². The Morgan fingerprint density at radius 3 is 2.28 bits per heavy atom. The maximum Gasteiger partial charge on any atom is 0.272 e. The Hall–Kier alpha value is -5.66. The lowest BCUT2D eigenvalue weighted by Gasteiger charge is -2.55. The summed E-state index contributed by atoms with van der Waals surface area (Å²) in [5.41, 5.74) is 1.31. The molecular weight excluding hydrogens is 805 g/mol. The van der Waals surface area contributed by atoms with Gasteiger partial charge >= 0.3 is 0 Å². The minimum absolute atomic E-state index is 0.0137. The molecule has 61 heavy (non-hydrogen) atoms. The molecule has 2 N–H and O–H groups in total. The van der Waals surface area contributed by atoms with Gasteiger partial charge in [-0.25, -0.2) is 4.39 Å². The van der Waals surface area contributed by atoms with Gasteiger partial charge in [0.05, 0.1) is 33.5 Å². The molecule has 17 heteroatoms. The summed E-state index contributed by atoms with van der Waals surface area (Å²) in [6.45, 7) is 6.08. The largest absolute Gasteiger partial charge is 0.490 e. The molecule has 6 heterocycles. The first-order valence-electron chi connectivity index (χ1n) is 21.2. The van der Waals surface area contributed by atoms with Crippen LogP contribution in [0.15, 0.2) is 42.5 Å². The Balaban J connectivity index is 0.692. The van der Waals surface area contributed by atoms with Crippen molar-refractivity contribution in [2.45, 2.75) is 82.4 Å². The highest BCUT2D eigenvalue weighted by Gasteiger charge is 2.47. The number of carbonyl (C=O) groups is 5. The van der Waals surface area contributed by atoms with E-state index in [0.29, 0.717) is 41.0 Å². The Labute approximate surface area is 357 Å². The number of hydrogen-bond donors (Lipinski definition) is 2. The van der Waals surface area contributed by atoms with Crippen molar-refractivity contribution < 1.29 is 33.1 Å². The molecule has 1 aromatic heterocycles. The molecule has 3 aromatic rings. The van der Waals surface area contributed by atoms with Gasteiger partial charge in [0.2, 0.25) is 11.8 Å². The molecule has 6 aliphatic rings. The number of benzene rings is 2. The van der Waals surface area contributed by atoms with Crippen LogP contribution in [-0.2, 0) is 9.59 Å². The van der Waals surface area contributed by atoms with Crippen LogP contribution in [0.25, 0.3) is 0 Å². The molecule has 1 saturated carbocycles. The average molecular weight is 852 g/mol. The van der Waals surface area contributed by atoms with Gasteiger partial charge in [-0.15, -0.1) is 10.2 Å². The molecular formula is C44H47ClFN9O6. The number of hydrogen-bond acceptors (Lipinski definition) is 12. The van der Waals surface area contributed by atoms with Gasteiger partial charge in [-0.3, -0.25) is 34.2 Å². The summed E-state index contributed by atoms with van der Waals surface area (Å²) in [7, 11) is 0. The lowest BCUT2D eigenvalue weighted by Crippen LogP contribution is -2.61. The minimum Gasteiger partial charge on any atom is -0.490 e. The van der Waals surface area contributed by atoms with E-state index in [0.717, 1.165) is 101 Å². The zero-order chi connectivity index (χ0) is 42.4. The van der Waals surface area contributed by atoms with E-state index in [1.54, 1.807) is 24.3 Å². The Morgan fingerprint density at radius 1 is 0.902 bits per heavy atom. The third-order valence-electron chi connectivity index (χ3n) is 13.5. The predicted octanol–water partition coefficient (Wildman–Crippen LogP) is 4.48. The molecule has 15 nitrogen and oxygen atoms in total. The second-order valence-corrected chi connectivity index (χ2v) is 17.9. The standard InChI is InChI=1S/C44H47ClFN9O6/c45-33-19-30(4-1-27(33)22-47)61-29-5-2-28(3-6-29)48-40(57)35-7-9-38(51-50-35)54-17-13-44(14-18-54)24-52(25-44)23-26-11-15-53(16-12-26)37-21-32-31(20-34(37)46)42(59)55(43(32)60)36-8-10-39(56)49-41(36)58/h1,4,7,9,19-21,26,28-29,36H,2-3,5-6,8,10-18,23-25H2,(H,48,57)(H,49,56,58). The topological polar surface area (TPSA) is 181 Å². The summed E-state index contributed by atoms with van der Waals surface area (Å²) in [6.07, 6.45) is 7.07. The monoisotopic (exact) mass is 851 g/mol. The summed E-state index contributed by atoms with van der Waals surface area (Å²) in [6, 6.07) is 12.2. The summed E-state index contributed by atoms with van der Waals surface area (Å²) in [5, 5.41) is 23.5. The SMILES string of the molecule is N#Cc1ccc(OC2CCC(NC(=O)c3ccc(N4CCC5(CC4)CN(CC4CCN(c6cc7c(cc6F)C(=O)N(C6CCC(=O)NC6=O)C7=O)CC4)C5)nn3)CC2)cc1Cl. The number of ether oxygens (including phenoxy) is 1. The van der Waals surface area contributed by atoms with Crippen LogP contribution in [0.4, 0.5) is 15.9 Å². The van der Waals surface area contributed by atoms with Crippen LogP contribution in [0.2, 0.25) is 5.02 Å². The Kier molecular flexibility index (Phi) is 11.1. The molecule has 1 unspecified atom stereocenters. The first-order valence-corrected chi connectivity index (χ1v) is 21.6. The van der Waals surface area contributed by atoms with Gasteiger partial charge < -0.3 is 24.8 Å². The van der Waals surface area contributed by atoms with Crippen molar-refractivity contribution in [1.29, 1.82) is 5.26 Å². The van der Waals surface area contributed by atoms with Crippen molar-refractivity contribution >= 4 is 52.6 Å². The summed E-state index contributed by atoms with van der Waals surface area (Å²) < 4.78 is 21.5. The number of likely N-dealkylation sites (tertiary alicyclic amines) is 1. The molecule has 0 bridgehead atoms. The van der Waals surface area contributed by atoms with Crippen LogP contribution < -0.4 is 25.2 Å². The number of amides is 5. The maximum atomic E-state index is 15.5. The number of carbonyl (C=O) groups excluding carboxylic acids is 5. The molecule has 5 fully saturated rings. The molecule has 318 valence electrons. The number of aromatic nitrogens is 2. The molecule has 0 radical (unpaired) electrons. The number of piperidine rings is 3. The minimum atomic E-state index is -1.09. The van der Waals surface area contributed by atoms with Crippen molar-refractivity contribution in [3.8, 4) is 11.8 Å². The highest BCUT2D eigenvalue weighted by molar-refractivity contribution is 6.31. The highest BCUT2D eigenvalue weighted by Crippen LogP contribution is 2.42. The van der Waals surface area contributed by atoms with Gasteiger partial charge in [0.25, 0.3) is 17.7 Å². The Morgan fingerprint density at radius 2 is 1.62 bits per heavy atom. The maximum absolute atomic E-state index is 15.5. The molecule has 1 atom stereocenters. The number of nitrogens with one attached hydrogen (secondary N) is 2. The van der Waals surface area contributed by atoms with E-state index >= 15 is 4.39 Å². The number of nitrogens with zero attached hydrogens (tertiary/aromatic N) is 7. The van der Waals surface area contributed by atoms with E-state index in [1.165, 1.54) is 6.07 Å². The summed E-state index contributed by atoms with van der Waals surface area (Å²) in [4.78, 5) is 71.1. The number of rotatable bonds is 9. The number of halogens is 2. The Bertz CT molecular complexity index is 2290. The van der Waals surface area contributed by atoms with Crippen molar-refractivity contribution in [1.82, 2.24) is 30.6 Å². The van der Waals surface area contributed by atoms with Crippen LogP contribution in [-0.4, -0.2) is 114 Å². The van der Waals surface area contributed by atoms with E-state index < -0.39 is 35.5 Å². The van der Waals surface area contributed by atoms with Crippen molar-refractivity contribution in [3.63, 3.8) is 0 Å². The van der Waals surface area contributed by atoms with E-state index in [-0.39, 0.29) is 53.1 Å². The molecule has 5 aliphatic heterocycles. The summed E-state index contributed by atoms with van der Waals surface area (Å²) >= 11 is 6.15. The van der Waals surface area contributed by atoms with E-state index in [1.807, 2.05) is 11.0 Å². The van der Waals surface area contributed by atoms with E-state index in [4.69, 9.17) is 21.6 Å². The van der Waals surface area contributed by atoms with Crippen LogP contribution >= 0.6 is 11.6 Å². The number of imide groups is 2. The third-order valence-corrected chi connectivity index (χ3v) is 13.8. The lowest BCUT2D eigenvalue weighted by atomic mass is 9.71. The molecule has 2 aromatic carbocycles. The number of fused-ring (bicyclic) bond motifs is 1. The molecule has 4 saturated heterocycles. The zero-order valence-electron chi connectivity index (χ0n) is 33.7. The smallest absolute Gasteiger partial charge is 0.272 e. The fourth-order valence-electron chi connectivity index (χ4n) is 10.1. The number of nitriles is 1. The molecule has 1 aliphatic carbocycles. The van der Waals surface area contributed by atoms with Gasteiger partial charge in [0, 0.05) is 64.3 Å². The highest BCUT2D eigenvalue weighted by atomic mass is 35.5. The zero-order valence-corrected chi connectivity index (χ0v) is 34.5. The predicted molar refractivity (Wildman–Crippen MR) is 221 cm³/mol. The quantitative estimate of drug-likeness (QED) is 0.289. The first kappa shape index (κ1) is 40.7. The van der Waals surface area contributed by atoms with E-state index in [9.17, 15) is 24.0 Å². The summed E-state index contributed by atoms with van der Waals surface area (Å²) in [5.74, 6) is -1.42. The van der Waals surface area contributed by atoms with Crippen LogP contribution in [0, 0.1) is 28.5 Å².